The molecule has 2 nitrogen and oxygen atoms in total. The Bertz CT molecular complexity index is 449. The summed E-state index contributed by atoms with van der Waals surface area (Å²) in [7, 11) is 0. The van der Waals surface area contributed by atoms with Crippen molar-refractivity contribution in [2.24, 2.45) is 5.41 Å². The van der Waals surface area contributed by atoms with Crippen LogP contribution in [0.4, 0.5) is 4.39 Å². The molecule has 1 atom stereocenters. The SMILES string of the molecule is O=C1CC(Oc2cccc(F)c2)C12CCCC2. The molecule has 0 N–H and O–H groups in total. The number of carbonyl (C=O) groups is 1. The molecule has 0 heterocycles. The maximum atomic E-state index is 13.0. The van der Waals surface area contributed by atoms with Gasteiger partial charge in [-0.3, -0.25) is 4.79 Å². The fourth-order valence-electron chi connectivity index (χ4n) is 3.08. The second-order valence-electron chi connectivity index (χ2n) is 5.05. The molecule has 0 bridgehead atoms. The number of rotatable bonds is 2. The largest absolute Gasteiger partial charge is 0.489 e. The number of carbonyl (C=O) groups excluding carboxylic acids is 1. The normalized spacial score (nSPS) is 25.9. The summed E-state index contributed by atoms with van der Waals surface area (Å²) in [5.41, 5.74) is -0.244. The van der Waals surface area contributed by atoms with Crippen molar-refractivity contribution in [1.29, 1.82) is 0 Å². The highest BCUT2D eigenvalue weighted by molar-refractivity contribution is 5.92. The topological polar surface area (TPSA) is 26.3 Å². The van der Waals surface area contributed by atoms with Crippen molar-refractivity contribution >= 4 is 5.78 Å². The minimum atomic E-state index is -0.298. The molecule has 0 amide bonds. The number of benzene rings is 1. The predicted molar refractivity (Wildman–Crippen MR) is 61.3 cm³/mol. The zero-order valence-corrected chi connectivity index (χ0v) is 9.62. The zero-order chi connectivity index (χ0) is 11.9. The van der Waals surface area contributed by atoms with E-state index in [0.717, 1.165) is 25.7 Å². The van der Waals surface area contributed by atoms with Gasteiger partial charge in [-0.05, 0) is 25.0 Å². The highest BCUT2D eigenvalue weighted by Gasteiger charge is 2.57. The van der Waals surface area contributed by atoms with Crippen molar-refractivity contribution in [3.63, 3.8) is 0 Å². The van der Waals surface area contributed by atoms with Crippen LogP contribution in [0.2, 0.25) is 0 Å². The van der Waals surface area contributed by atoms with Crippen LogP contribution >= 0.6 is 0 Å². The molecular formula is C14H15FO2. The van der Waals surface area contributed by atoms with E-state index in [1.807, 2.05) is 0 Å². The molecule has 1 aromatic rings. The van der Waals surface area contributed by atoms with Gasteiger partial charge in [0.2, 0.25) is 0 Å². The molecule has 0 aliphatic heterocycles. The predicted octanol–water partition coefficient (Wildman–Crippen LogP) is 3.11. The monoisotopic (exact) mass is 234 g/mol. The minimum Gasteiger partial charge on any atom is -0.489 e. The van der Waals surface area contributed by atoms with Gasteiger partial charge in [0.1, 0.15) is 23.5 Å². The highest BCUT2D eigenvalue weighted by Crippen LogP contribution is 2.51. The lowest BCUT2D eigenvalue weighted by atomic mass is 9.63. The second-order valence-corrected chi connectivity index (χ2v) is 5.05. The molecule has 0 radical (unpaired) electrons. The van der Waals surface area contributed by atoms with E-state index in [-0.39, 0.29) is 17.3 Å². The van der Waals surface area contributed by atoms with Crippen LogP contribution in [-0.4, -0.2) is 11.9 Å². The Morgan fingerprint density at radius 1 is 1.29 bits per heavy atom. The fraction of sp³-hybridized carbons (Fsp3) is 0.500. The standard InChI is InChI=1S/C14H15FO2/c15-10-4-3-5-11(8-10)17-13-9-12(16)14(13)6-1-2-7-14/h3-5,8,13H,1-2,6-7,9H2. The van der Waals surface area contributed by atoms with Crippen LogP contribution in [0.1, 0.15) is 32.1 Å². The van der Waals surface area contributed by atoms with Crippen molar-refractivity contribution in [3.8, 4) is 5.75 Å². The van der Waals surface area contributed by atoms with Crippen molar-refractivity contribution in [2.45, 2.75) is 38.2 Å². The van der Waals surface area contributed by atoms with E-state index in [2.05, 4.69) is 0 Å². The Balaban J connectivity index is 1.76. The first kappa shape index (κ1) is 10.8. The summed E-state index contributed by atoms with van der Waals surface area (Å²) in [6.45, 7) is 0. The molecule has 17 heavy (non-hydrogen) atoms. The van der Waals surface area contributed by atoms with Crippen molar-refractivity contribution < 1.29 is 13.9 Å². The quantitative estimate of drug-likeness (QED) is 0.786. The van der Waals surface area contributed by atoms with Gasteiger partial charge >= 0.3 is 0 Å². The summed E-state index contributed by atoms with van der Waals surface area (Å²) in [6.07, 6.45) is 4.52. The minimum absolute atomic E-state index is 0.0423. The van der Waals surface area contributed by atoms with E-state index in [0.29, 0.717) is 18.0 Å². The van der Waals surface area contributed by atoms with E-state index >= 15 is 0 Å². The average molecular weight is 234 g/mol. The van der Waals surface area contributed by atoms with Gasteiger partial charge < -0.3 is 4.74 Å². The van der Waals surface area contributed by atoms with Gasteiger partial charge in [0.05, 0.1) is 5.41 Å². The molecular weight excluding hydrogens is 219 g/mol. The molecule has 2 fully saturated rings. The molecule has 1 aromatic carbocycles. The summed E-state index contributed by atoms with van der Waals surface area (Å²) < 4.78 is 18.8. The molecule has 0 saturated heterocycles. The third kappa shape index (κ3) is 1.65. The summed E-state index contributed by atoms with van der Waals surface area (Å²) >= 11 is 0. The molecule has 1 spiro atoms. The molecule has 3 rings (SSSR count). The molecule has 1 unspecified atom stereocenters. The van der Waals surface area contributed by atoms with E-state index in [9.17, 15) is 9.18 Å². The maximum absolute atomic E-state index is 13.0. The van der Waals surface area contributed by atoms with Crippen molar-refractivity contribution in [2.75, 3.05) is 0 Å². The van der Waals surface area contributed by atoms with E-state index in [4.69, 9.17) is 4.74 Å². The van der Waals surface area contributed by atoms with Crippen LogP contribution in [0.5, 0.6) is 5.75 Å². The van der Waals surface area contributed by atoms with Gasteiger partial charge in [-0.25, -0.2) is 4.39 Å². The molecule has 2 aliphatic rings. The van der Waals surface area contributed by atoms with Crippen molar-refractivity contribution in [1.82, 2.24) is 0 Å². The molecule has 3 heteroatoms. The Morgan fingerprint density at radius 2 is 2.06 bits per heavy atom. The first-order valence-corrected chi connectivity index (χ1v) is 6.16. The van der Waals surface area contributed by atoms with Crippen LogP contribution in [-0.2, 0) is 4.79 Å². The van der Waals surface area contributed by atoms with Crippen molar-refractivity contribution in [3.05, 3.63) is 30.1 Å². The van der Waals surface area contributed by atoms with Gasteiger partial charge in [0.25, 0.3) is 0 Å². The van der Waals surface area contributed by atoms with Gasteiger partial charge in [-0.1, -0.05) is 18.9 Å². The Kier molecular flexibility index (Phi) is 2.42. The first-order chi connectivity index (χ1) is 8.21. The number of ether oxygens (including phenoxy) is 1. The summed E-state index contributed by atoms with van der Waals surface area (Å²) in [4.78, 5) is 11.8. The fourth-order valence-corrected chi connectivity index (χ4v) is 3.08. The Labute approximate surface area is 99.8 Å². The lowest BCUT2D eigenvalue weighted by Crippen LogP contribution is -2.55. The third-order valence-electron chi connectivity index (χ3n) is 4.11. The second kappa shape index (κ2) is 3.83. The van der Waals surface area contributed by atoms with Gasteiger partial charge in [-0.15, -0.1) is 0 Å². The van der Waals surface area contributed by atoms with Gasteiger partial charge in [-0.2, -0.15) is 0 Å². The number of Topliss-reactive ketones (excluding diaryl/α,β-unsaturated/α-hetero) is 1. The van der Waals surface area contributed by atoms with E-state index < -0.39 is 0 Å². The van der Waals surface area contributed by atoms with Crippen LogP contribution in [0.15, 0.2) is 24.3 Å². The van der Waals surface area contributed by atoms with E-state index in [1.165, 1.54) is 12.1 Å². The number of hydrogen-bond donors (Lipinski definition) is 0. The summed E-state index contributed by atoms with van der Waals surface area (Å²) in [5, 5.41) is 0. The van der Waals surface area contributed by atoms with Crippen LogP contribution in [0, 0.1) is 11.2 Å². The molecule has 0 aromatic heterocycles. The van der Waals surface area contributed by atoms with Gasteiger partial charge in [0.15, 0.2) is 0 Å². The lowest BCUT2D eigenvalue weighted by molar-refractivity contribution is -0.151. The number of ketones is 1. The van der Waals surface area contributed by atoms with E-state index in [1.54, 1.807) is 12.1 Å². The first-order valence-electron chi connectivity index (χ1n) is 6.16. The Hall–Kier alpha value is -1.38. The Morgan fingerprint density at radius 3 is 2.71 bits per heavy atom. The molecule has 90 valence electrons. The summed E-state index contributed by atoms with van der Waals surface area (Å²) in [5.74, 6) is 0.568. The summed E-state index contributed by atoms with van der Waals surface area (Å²) in [6, 6.07) is 6.15. The lowest BCUT2D eigenvalue weighted by Gasteiger charge is -2.44. The number of halogens is 1. The van der Waals surface area contributed by atoms with Crippen LogP contribution in [0.3, 0.4) is 0 Å². The number of hydrogen-bond acceptors (Lipinski definition) is 2. The third-order valence-corrected chi connectivity index (χ3v) is 4.11. The highest BCUT2D eigenvalue weighted by atomic mass is 19.1. The molecule has 2 aliphatic carbocycles. The average Bonchev–Trinajstić information content (AvgIpc) is 2.80. The van der Waals surface area contributed by atoms with Gasteiger partial charge in [0, 0.05) is 12.5 Å². The maximum Gasteiger partial charge on any atom is 0.146 e. The zero-order valence-electron chi connectivity index (χ0n) is 9.62. The smallest absolute Gasteiger partial charge is 0.146 e. The molecule has 2 saturated carbocycles. The van der Waals surface area contributed by atoms with Crippen LogP contribution < -0.4 is 4.74 Å². The van der Waals surface area contributed by atoms with Crippen LogP contribution in [0.25, 0.3) is 0 Å².